The van der Waals surface area contributed by atoms with Gasteiger partial charge in [0.05, 0.1) is 10.5 Å². The molecule has 21 heavy (non-hydrogen) atoms. The van der Waals surface area contributed by atoms with Crippen LogP contribution in [0.1, 0.15) is 23.2 Å². The molecular formula is C14H17N3O4. The van der Waals surface area contributed by atoms with Gasteiger partial charge in [-0.1, -0.05) is 0 Å². The highest BCUT2D eigenvalue weighted by Gasteiger charge is 2.35. The number of carboxylic acid groups (broad SMARTS) is 1. The molecule has 1 aromatic rings. The van der Waals surface area contributed by atoms with Crippen LogP contribution < -0.4 is 5.32 Å². The minimum Gasteiger partial charge on any atom is -0.478 e. The quantitative estimate of drug-likeness (QED) is 0.648. The lowest BCUT2D eigenvalue weighted by atomic mass is 9.84. The smallest absolute Gasteiger partial charge is 0.335 e. The lowest BCUT2D eigenvalue weighted by molar-refractivity contribution is -0.384. The first-order valence-corrected chi connectivity index (χ1v) is 7.05. The zero-order valence-electron chi connectivity index (χ0n) is 11.5. The first-order valence-electron chi connectivity index (χ1n) is 7.05. The van der Waals surface area contributed by atoms with Gasteiger partial charge in [-0.25, -0.2) is 4.79 Å². The molecule has 0 saturated carbocycles. The molecule has 3 heterocycles. The Morgan fingerprint density at radius 3 is 2.62 bits per heavy atom. The molecular weight excluding hydrogens is 274 g/mol. The van der Waals surface area contributed by atoms with Crippen molar-refractivity contribution >= 4 is 17.3 Å². The fourth-order valence-electron chi connectivity index (χ4n) is 3.27. The molecule has 2 bridgehead atoms. The molecule has 3 aliphatic rings. The van der Waals surface area contributed by atoms with E-state index in [1.165, 1.54) is 12.1 Å². The fraction of sp³-hybridized carbons (Fsp3) is 0.500. The average Bonchev–Trinajstić information content (AvgIpc) is 2.48. The van der Waals surface area contributed by atoms with Crippen molar-refractivity contribution in [2.24, 2.45) is 5.92 Å². The largest absolute Gasteiger partial charge is 0.478 e. The van der Waals surface area contributed by atoms with Crippen LogP contribution in [-0.2, 0) is 0 Å². The van der Waals surface area contributed by atoms with E-state index >= 15 is 0 Å². The first kappa shape index (κ1) is 13.8. The number of nitrogens with one attached hydrogen (secondary N) is 1. The van der Waals surface area contributed by atoms with Gasteiger partial charge in [-0.05, 0) is 44.0 Å². The van der Waals surface area contributed by atoms with Gasteiger partial charge >= 0.3 is 5.97 Å². The molecule has 2 N–H and O–H groups in total. The van der Waals surface area contributed by atoms with Gasteiger partial charge in [-0.15, -0.1) is 0 Å². The lowest BCUT2D eigenvalue weighted by Gasteiger charge is -2.45. The number of fused-ring (bicyclic) bond motifs is 3. The predicted octanol–water partition coefficient (Wildman–Crippen LogP) is 1.80. The monoisotopic (exact) mass is 291 g/mol. The number of hydrogen-bond donors (Lipinski definition) is 2. The molecule has 4 rings (SSSR count). The highest BCUT2D eigenvalue weighted by Crippen LogP contribution is 2.33. The molecule has 7 heteroatoms. The number of carbonyl (C=O) groups is 1. The second-order valence-corrected chi connectivity index (χ2v) is 5.68. The Labute approximate surface area is 121 Å². The van der Waals surface area contributed by atoms with E-state index in [2.05, 4.69) is 10.2 Å². The van der Waals surface area contributed by atoms with Gasteiger partial charge in [-0.2, -0.15) is 0 Å². The number of anilines is 1. The number of nitrogens with zero attached hydrogens (tertiary/aromatic N) is 2. The van der Waals surface area contributed by atoms with Crippen LogP contribution in [0, 0.1) is 16.0 Å². The molecule has 1 unspecified atom stereocenters. The van der Waals surface area contributed by atoms with E-state index in [0.29, 0.717) is 11.6 Å². The molecule has 1 aromatic carbocycles. The third-order valence-electron chi connectivity index (χ3n) is 4.44. The molecule has 3 fully saturated rings. The normalized spacial score (nSPS) is 27.3. The Hall–Kier alpha value is -2.15. The van der Waals surface area contributed by atoms with Crippen molar-refractivity contribution < 1.29 is 14.8 Å². The van der Waals surface area contributed by atoms with Crippen LogP contribution in [-0.4, -0.2) is 46.6 Å². The number of nitro benzene ring substituents is 1. The highest BCUT2D eigenvalue weighted by molar-refractivity contribution is 5.89. The molecule has 0 amide bonds. The Kier molecular flexibility index (Phi) is 3.50. The number of rotatable bonds is 4. The van der Waals surface area contributed by atoms with E-state index in [-0.39, 0.29) is 17.3 Å². The van der Waals surface area contributed by atoms with E-state index in [4.69, 9.17) is 5.11 Å². The van der Waals surface area contributed by atoms with Crippen LogP contribution in [0.5, 0.6) is 0 Å². The molecule has 0 radical (unpaired) electrons. The summed E-state index contributed by atoms with van der Waals surface area (Å²) in [5, 5.41) is 23.4. The van der Waals surface area contributed by atoms with E-state index in [0.717, 1.165) is 38.5 Å². The summed E-state index contributed by atoms with van der Waals surface area (Å²) in [6.45, 7) is 3.09. The highest BCUT2D eigenvalue weighted by atomic mass is 16.6. The first-order chi connectivity index (χ1) is 10.0. The average molecular weight is 291 g/mol. The van der Waals surface area contributed by atoms with Gasteiger partial charge in [0.25, 0.3) is 5.69 Å². The van der Waals surface area contributed by atoms with Crippen LogP contribution in [0.4, 0.5) is 11.4 Å². The third-order valence-corrected chi connectivity index (χ3v) is 4.44. The number of aromatic carboxylic acids is 1. The maximum absolute atomic E-state index is 11.2. The minimum absolute atomic E-state index is 0.0684. The lowest BCUT2D eigenvalue weighted by Crippen LogP contribution is -2.53. The van der Waals surface area contributed by atoms with E-state index in [1.54, 1.807) is 0 Å². The van der Waals surface area contributed by atoms with Crippen molar-refractivity contribution in [2.75, 3.05) is 25.0 Å². The van der Waals surface area contributed by atoms with E-state index in [9.17, 15) is 14.9 Å². The Bertz CT molecular complexity index is 582. The molecule has 3 saturated heterocycles. The van der Waals surface area contributed by atoms with Crippen LogP contribution in [0.3, 0.4) is 0 Å². The molecule has 0 aliphatic carbocycles. The zero-order chi connectivity index (χ0) is 15.0. The number of carboxylic acids is 1. The predicted molar refractivity (Wildman–Crippen MR) is 76.6 cm³/mol. The van der Waals surface area contributed by atoms with Crippen molar-refractivity contribution in [2.45, 2.75) is 18.9 Å². The Balaban J connectivity index is 1.84. The summed E-state index contributed by atoms with van der Waals surface area (Å²) in [6.07, 6.45) is 2.22. The summed E-state index contributed by atoms with van der Waals surface area (Å²) < 4.78 is 0. The summed E-state index contributed by atoms with van der Waals surface area (Å²) in [5.74, 6) is -0.624. The Morgan fingerprint density at radius 2 is 2.10 bits per heavy atom. The van der Waals surface area contributed by atoms with Gasteiger partial charge in [0.15, 0.2) is 0 Å². The van der Waals surface area contributed by atoms with Gasteiger partial charge in [0.2, 0.25) is 0 Å². The topological polar surface area (TPSA) is 95.7 Å². The second kappa shape index (κ2) is 5.33. The SMILES string of the molecule is O=C(O)c1ccc(NC2CN3CCC2CC3)c([N+](=O)[O-])c1. The molecule has 0 aromatic heterocycles. The standard InChI is InChI=1S/C14H17N3O4/c18-14(19)10-1-2-11(13(7-10)17(20)21)15-12-8-16-5-3-9(12)4-6-16/h1-2,7,9,12,15H,3-6,8H2,(H,18,19). The number of nitro groups is 1. The third kappa shape index (κ3) is 2.69. The fourth-order valence-corrected chi connectivity index (χ4v) is 3.27. The van der Waals surface area contributed by atoms with Crippen molar-refractivity contribution in [3.05, 3.63) is 33.9 Å². The summed E-state index contributed by atoms with van der Waals surface area (Å²) in [5.41, 5.74) is 0.163. The summed E-state index contributed by atoms with van der Waals surface area (Å²) in [7, 11) is 0. The van der Waals surface area contributed by atoms with Gasteiger partial charge in [0, 0.05) is 18.7 Å². The van der Waals surface area contributed by atoms with Crippen molar-refractivity contribution in [1.29, 1.82) is 0 Å². The second-order valence-electron chi connectivity index (χ2n) is 5.68. The minimum atomic E-state index is -1.16. The van der Waals surface area contributed by atoms with Crippen LogP contribution >= 0.6 is 0 Å². The summed E-state index contributed by atoms with van der Waals surface area (Å²) in [4.78, 5) is 23.9. The van der Waals surface area contributed by atoms with Crippen molar-refractivity contribution in [3.63, 3.8) is 0 Å². The van der Waals surface area contributed by atoms with Crippen LogP contribution in [0.2, 0.25) is 0 Å². The van der Waals surface area contributed by atoms with Crippen LogP contribution in [0.25, 0.3) is 0 Å². The maximum atomic E-state index is 11.2. The molecule has 7 nitrogen and oxygen atoms in total. The maximum Gasteiger partial charge on any atom is 0.335 e. The van der Waals surface area contributed by atoms with Gasteiger partial charge in [-0.3, -0.25) is 10.1 Å². The number of hydrogen-bond acceptors (Lipinski definition) is 5. The summed E-state index contributed by atoms with van der Waals surface area (Å²) in [6, 6.07) is 4.21. The number of benzene rings is 1. The molecule has 112 valence electrons. The summed E-state index contributed by atoms with van der Waals surface area (Å²) >= 11 is 0. The molecule has 1 atom stereocenters. The van der Waals surface area contributed by atoms with E-state index in [1.807, 2.05) is 0 Å². The van der Waals surface area contributed by atoms with Gasteiger partial charge < -0.3 is 15.3 Å². The Morgan fingerprint density at radius 1 is 1.38 bits per heavy atom. The van der Waals surface area contributed by atoms with Gasteiger partial charge in [0.1, 0.15) is 5.69 Å². The van der Waals surface area contributed by atoms with E-state index < -0.39 is 10.9 Å². The molecule has 0 spiro atoms. The van der Waals surface area contributed by atoms with Crippen LogP contribution in [0.15, 0.2) is 18.2 Å². The zero-order valence-corrected chi connectivity index (χ0v) is 11.5. The van der Waals surface area contributed by atoms with Crippen molar-refractivity contribution in [3.8, 4) is 0 Å². The molecule has 3 aliphatic heterocycles. The number of piperidine rings is 3. The van der Waals surface area contributed by atoms with Crippen molar-refractivity contribution in [1.82, 2.24) is 4.90 Å².